The normalized spacial score (nSPS) is 11.1. The van der Waals surface area contributed by atoms with Crippen LogP contribution in [0.15, 0.2) is 18.2 Å². The van der Waals surface area contributed by atoms with Crippen LogP contribution in [0.5, 0.6) is 5.75 Å². The van der Waals surface area contributed by atoms with Gasteiger partial charge in [0.05, 0.1) is 0 Å². The van der Waals surface area contributed by atoms with Gasteiger partial charge in [-0.2, -0.15) is 0 Å². The number of alkyl carbamates (subject to hydrolysis) is 1. The van der Waals surface area contributed by atoms with Crippen molar-refractivity contribution in [1.82, 2.24) is 5.32 Å². The predicted molar refractivity (Wildman–Crippen MR) is 66.2 cm³/mol. The summed E-state index contributed by atoms with van der Waals surface area (Å²) in [7, 11) is 0. The first-order valence-electron chi connectivity index (χ1n) is 5.22. The lowest BCUT2D eigenvalue weighted by Crippen LogP contribution is -2.32. The molecule has 1 rings (SSSR count). The highest BCUT2D eigenvalue weighted by Crippen LogP contribution is 2.21. The average molecular weight is 258 g/mol. The van der Waals surface area contributed by atoms with E-state index < -0.39 is 11.7 Å². The third-order valence-electron chi connectivity index (χ3n) is 1.86. The van der Waals surface area contributed by atoms with Gasteiger partial charge in [0.2, 0.25) is 0 Å². The maximum absolute atomic E-state index is 11.4. The number of halogens is 1. The smallest absolute Gasteiger partial charge is 0.407 e. The van der Waals surface area contributed by atoms with Crippen LogP contribution in [-0.4, -0.2) is 16.8 Å². The molecule has 0 heterocycles. The van der Waals surface area contributed by atoms with Gasteiger partial charge < -0.3 is 15.2 Å². The lowest BCUT2D eigenvalue weighted by Gasteiger charge is -2.19. The van der Waals surface area contributed by atoms with Crippen LogP contribution in [0.3, 0.4) is 0 Å². The molecule has 17 heavy (non-hydrogen) atoms. The minimum atomic E-state index is -0.525. The Morgan fingerprint density at radius 3 is 2.65 bits per heavy atom. The van der Waals surface area contributed by atoms with E-state index in [2.05, 4.69) is 5.32 Å². The van der Waals surface area contributed by atoms with E-state index in [0.29, 0.717) is 5.02 Å². The Labute approximate surface area is 106 Å². The summed E-state index contributed by atoms with van der Waals surface area (Å²) in [5.41, 5.74) is 0.193. The summed E-state index contributed by atoms with van der Waals surface area (Å²) < 4.78 is 5.08. The molecule has 0 aliphatic heterocycles. The van der Waals surface area contributed by atoms with E-state index in [0.717, 1.165) is 5.56 Å². The zero-order valence-corrected chi connectivity index (χ0v) is 10.8. The summed E-state index contributed by atoms with van der Waals surface area (Å²) in [6, 6.07) is 4.58. The largest absolute Gasteiger partial charge is 0.508 e. The second-order valence-corrected chi connectivity index (χ2v) is 5.04. The highest BCUT2D eigenvalue weighted by Gasteiger charge is 2.15. The molecule has 1 amide bonds. The van der Waals surface area contributed by atoms with Crippen molar-refractivity contribution in [2.45, 2.75) is 32.9 Å². The van der Waals surface area contributed by atoms with Crippen LogP contribution in [0.1, 0.15) is 26.3 Å². The van der Waals surface area contributed by atoms with Crippen molar-refractivity contribution in [2.75, 3.05) is 0 Å². The van der Waals surface area contributed by atoms with Gasteiger partial charge in [-0.1, -0.05) is 17.7 Å². The molecule has 0 unspecified atom stereocenters. The van der Waals surface area contributed by atoms with Gasteiger partial charge in [-0.25, -0.2) is 4.79 Å². The molecule has 4 nitrogen and oxygen atoms in total. The standard InChI is InChI=1S/C12H16ClNO3/c1-12(2,3)17-11(16)14-7-8-4-5-9(15)6-10(8)13/h4-6,15H,7H2,1-3H3,(H,14,16). The highest BCUT2D eigenvalue weighted by molar-refractivity contribution is 6.31. The van der Waals surface area contributed by atoms with Gasteiger partial charge in [-0.05, 0) is 38.5 Å². The van der Waals surface area contributed by atoms with E-state index in [1.165, 1.54) is 12.1 Å². The lowest BCUT2D eigenvalue weighted by molar-refractivity contribution is 0.0523. The molecular weight excluding hydrogens is 242 g/mol. The second kappa shape index (κ2) is 5.27. The number of rotatable bonds is 2. The molecule has 5 heteroatoms. The molecule has 0 aliphatic rings. The maximum Gasteiger partial charge on any atom is 0.407 e. The van der Waals surface area contributed by atoms with Gasteiger partial charge in [-0.3, -0.25) is 0 Å². The number of phenolic OH excluding ortho intramolecular Hbond substituents is 1. The van der Waals surface area contributed by atoms with Crippen LogP contribution in [0.4, 0.5) is 4.79 Å². The Morgan fingerprint density at radius 2 is 2.12 bits per heavy atom. The molecule has 0 saturated heterocycles. The lowest BCUT2D eigenvalue weighted by atomic mass is 10.2. The molecule has 0 bridgehead atoms. The number of ether oxygens (including phenoxy) is 1. The van der Waals surface area contributed by atoms with Gasteiger partial charge in [0.15, 0.2) is 0 Å². The van der Waals surface area contributed by atoms with Crippen molar-refractivity contribution < 1.29 is 14.6 Å². The van der Waals surface area contributed by atoms with Crippen molar-refractivity contribution in [3.8, 4) is 5.75 Å². The fourth-order valence-corrected chi connectivity index (χ4v) is 1.40. The highest BCUT2D eigenvalue weighted by atomic mass is 35.5. The van der Waals surface area contributed by atoms with Crippen LogP contribution >= 0.6 is 11.6 Å². The van der Waals surface area contributed by atoms with Crippen molar-refractivity contribution in [3.05, 3.63) is 28.8 Å². The molecule has 0 fully saturated rings. The van der Waals surface area contributed by atoms with E-state index in [9.17, 15) is 9.90 Å². The van der Waals surface area contributed by atoms with E-state index in [1.54, 1.807) is 26.8 Å². The molecule has 1 aromatic rings. The van der Waals surface area contributed by atoms with E-state index in [-0.39, 0.29) is 12.3 Å². The monoisotopic (exact) mass is 257 g/mol. The molecule has 0 aromatic heterocycles. The average Bonchev–Trinajstić information content (AvgIpc) is 2.13. The Balaban J connectivity index is 2.53. The Hall–Kier alpha value is -1.42. The third-order valence-corrected chi connectivity index (χ3v) is 2.21. The van der Waals surface area contributed by atoms with Gasteiger partial charge in [-0.15, -0.1) is 0 Å². The first-order valence-corrected chi connectivity index (χ1v) is 5.60. The SMILES string of the molecule is CC(C)(C)OC(=O)NCc1ccc(O)cc1Cl. The van der Waals surface area contributed by atoms with Crippen LogP contribution in [0.25, 0.3) is 0 Å². The topological polar surface area (TPSA) is 58.6 Å². The number of phenols is 1. The number of hydrogen-bond donors (Lipinski definition) is 2. The second-order valence-electron chi connectivity index (χ2n) is 4.63. The summed E-state index contributed by atoms with van der Waals surface area (Å²) in [5.74, 6) is 0.0935. The number of amides is 1. The molecule has 94 valence electrons. The molecule has 2 N–H and O–H groups in total. The number of carbonyl (C=O) groups excluding carboxylic acids is 1. The van der Waals surface area contributed by atoms with Gasteiger partial charge in [0.1, 0.15) is 11.4 Å². The van der Waals surface area contributed by atoms with Gasteiger partial charge in [0.25, 0.3) is 0 Å². The zero-order chi connectivity index (χ0) is 13.1. The maximum atomic E-state index is 11.4. The van der Waals surface area contributed by atoms with Crippen LogP contribution in [-0.2, 0) is 11.3 Å². The van der Waals surface area contributed by atoms with Crippen LogP contribution < -0.4 is 5.32 Å². The molecule has 0 spiro atoms. The molecule has 0 atom stereocenters. The molecule has 0 saturated carbocycles. The first kappa shape index (κ1) is 13.6. The van der Waals surface area contributed by atoms with E-state index >= 15 is 0 Å². The summed E-state index contributed by atoms with van der Waals surface area (Å²) in [5, 5.41) is 12.2. The van der Waals surface area contributed by atoms with Crippen molar-refractivity contribution in [3.63, 3.8) is 0 Å². The molecule has 0 aliphatic carbocycles. The minimum Gasteiger partial charge on any atom is -0.508 e. The van der Waals surface area contributed by atoms with Crippen LogP contribution in [0, 0.1) is 0 Å². The van der Waals surface area contributed by atoms with E-state index in [1.807, 2.05) is 0 Å². The summed E-state index contributed by atoms with van der Waals surface area (Å²) in [4.78, 5) is 11.4. The summed E-state index contributed by atoms with van der Waals surface area (Å²) in [6.45, 7) is 5.63. The van der Waals surface area contributed by atoms with Gasteiger partial charge >= 0.3 is 6.09 Å². The fraction of sp³-hybridized carbons (Fsp3) is 0.417. The Morgan fingerprint density at radius 1 is 1.47 bits per heavy atom. The van der Waals surface area contributed by atoms with Crippen molar-refractivity contribution in [2.24, 2.45) is 0 Å². The Bertz CT molecular complexity index is 413. The Kier molecular flexibility index (Phi) is 4.23. The predicted octanol–water partition coefficient (Wildman–Crippen LogP) is 3.07. The van der Waals surface area contributed by atoms with Gasteiger partial charge in [0, 0.05) is 11.6 Å². The molecule has 1 aromatic carbocycles. The summed E-state index contributed by atoms with van der Waals surface area (Å²) >= 11 is 5.89. The molecule has 0 radical (unpaired) electrons. The third kappa shape index (κ3) is 4.95. The number of nitrogens with one attached hydrogen (secondary N) is 1. The zero-order valence-electron chi connectivity index (χ0n) is 10.1. The number of hydrogen-bond acceptors (Lipinski definition) is 3. The number of benzene rings is 1. The number of carbonyl (C=O) groups is 1. The van der Waals surface area contributed by atoms with Crippen LogP contribution in [0.2, 0.25) is 5.02 Å². The number of aromatic hydroxyl groups is 1. The van der Waals surface area contributed by atoms with Crippen molar-refractivity contribution in [1.29, 1.82) is 0 Å². The fourth-order valence-electron chi connectivity index (χ4n) is 1.16. The molecular formula is C12H16ClNO3. The minimum absolute atomic E-state index is 0.0935. The van der Waals surface area contributed by atoms with Crippen molar-refractivity contribution >= 4 is 17.7 Å². The van der Waals surface area contributed by atoms with E-state index in [4.69, 9.17) is 16.3 Å². The quantitative estimate of drug-likeness (QED) is 0.856. The summed E-state index contributed by atoms with van der Waals surface area (Å²) in [6.07, 6.45) is -0.498. The first-order chi connectivity index (χ1) is 7.78.